The van der Waals surface area contributed by atoms with E-state index in [1.165, 1.54) is 16.9 Å². The van der Waals surface area contributed by atoms with Gasteiger partial charge in [0.25, 0.3) is 0 Å². The van der Waals surface area contributed by atoms with E-state index in [1.54, 1.807) is 0 Å². The van der Waals surface area contributed by atoms with Crippen molar-refractivity contribution in [1.29, 1.82) is 0 Å². The van der Waals surface area contributed by atoms with E-state index < -0.39 is 4.92 Å². The van der Waals surface area contributed by atoms with Crippen LogP contribution in [0.15, 0.2) is 36.5 Å². The van der Waals surface area contributed by atoms with Crippen LogP contribution in [0.5, 0.6) is 0 Å². The van der Waals surface area contributed by atoms with Crippen molar-refractivity contribution in [1.82, 2.24) is 24.7 Å². The number of nitrogens with one attached hydrogen (secondary N) is 1. The fourth-order valence-corrected chi connectivity index (χ4v) is 2.13. The third-order valence-corrected chi connectivity index (χ3v) is 3.26. The minimum atomic E-state index is -0.524. The predicted molar refractivity (Wildman–Crippen MR) is 86.7 cm³/mol. The minimum Gasteiger partial charge on any atom is -0.368 e. The highest BCUT2D eigenvalue weighted by Gasteiger charge is 2.16. The highest BCUT2D eigenvalue weighted by Crippen LogP contribution is 2.18. The van der Waals surface area contributed by atoms with Crippen molar-refractivity contribution in [2.45, 2.75) is 13.5 Å². The molecular weight excluding hydrogens is 312 g/mol. The van der Waals surface area contributed by atoms with Crippen LogP contribution >= 0.6 is 0 Å². The number of nitrogens with zero attached hydrogens (tertiary/aromatic N) is 6. The molecule has 0 aliphatic carbocycles. The number of anilines is 3. The van der Waals surface area contributed by atoms with Gasteiger partial charge in [-0.2, -0.15) is 15.0 Å². The summed E-state index contributed by atoms with van der Waals surface area (Å²) in [5.74, 6) is 0.403. The molecule has 3 rings (SSSR count). The van der Waals surface area contributed by atoms with Crippen molar-refractivity contribution in [3.8, 4) is 0 Å². The maximum absolute atomic E-state index is 10.9. The monoisotopic (exact) mass is 326 g/mol. The number of hydrogen-bond acceptors (Lipinski definition) is 8. The number of rotatable bonds is 5. The summed E-state index contributed by atoms with van der Waals surface area (Å²) in [5, 5.41) is 17.9. The maximum atomic E-state index is 10.9. The van der Waals surface area contributed by atoms with Gasteiger partial charge >= 0.3 is 5.82 Å². The van der Waals surface area contributed by atoms with Crippen LogP contribution in [-0.2, 0) is 6.54 Å². The van der Waals surface area contributed by atoms with E-state index in [0.717, 1.165) is 11.3 Å². The van der Waals surface area contributed by atoms with Crippen molar-refractivity contribution in [2.75, 3.05) is 11.1 Å². The zero-order valence-corrected chi connectivity index (χ0v) is 12.7. The second-order valence-electron chi connectivity index (χ2n) is 4.98. The smallest absolute Gasteiger partial charge is 0.345 e. The molecule has 0 atom stereocenters. The van der Waals surface area contributed by atoms with E-state index in [0.29, 0.717) is 0 Å². The second kappa shape index (κ2) is 6.28. The van der Waals surface area contributed by atoms with Crippen LogP contribution in [0.2, 0.25) is 0 Å². The van der Waals surface area contributed by atoms with Gasteiger partial charge in [0.15, 0.2) is 12.4 Å². The summed E-state index contributed by atoms with van der Waals surface area (Å²) in [5.41, 5.74) is 7.56. The standard InChI is InChI=1S/C14H14N8O2/c1-9-4-2-3-5-10(9)17-14-19-11(18-13(15)20-14)8-21-12(22(23)24)6-7-16-21/h2-7H,8H2,1H3,(H3,15,17,18,19,20). The van der Waals surface area contributed by atoms with Crippen LogP contribution in [0.3, 0.4) is 0 Å². The topological polar surface area (TPSA) is 138 Å². The second-order valence-corrected chi connectivity index (χ2v) is 4.98. The Labute approximate surface area is 136 Å². The Morgan fingerprint density at radius 2 is 2.04 bits per heavy atom. The van der Waals surface area contributed by atoms with Crippen LogP contribution in [0.25, 0.3) is 0 Å². The molecule has 122 valence electrons. The van der Waals surface area contributed by atoms with Gasteiger partial charge in [-0.25, -0.2) is 0 Å². The normalized spacial score (nSPS) is 10.5. The number of hydrogen-bond donors (Lipinski definition) is 2. The molecule has 2 heterocycles. The first-order valence-electron chi connectivity index (χ1n) is 7.02. The summed E-state index contributed by atoms with van der Waals surface area (Å²) in [6, 6.07) is 8.93. The summed E-state index contributed by atoms with van der Waals surface area (Å²) in [6.07, 6.45) is 1.34. The summed E-state index contributed by atoms with van der Waals surface area (Å²) in [6.45, 7) is 1.96. The summed E-state index contributed by atoms with van der Waals surface area (Å²) in [4.78, 5) is 22.7. The minimum absolute atomic E-state index is 0.0124. The number of nitrogens with two attached hydrogens (primary N) is 1. The lowest BCUT2D eigenvalue weighted by molar-refractivity contribution is -0.392. The van der Waals surface area contributed by atoms with E-state index in [-0.39, 0.29) is 30.1 Å². The first-order chi connectivity index (χ1) is 11.5. The highest BCUT2D eigenvalue weighted by atomic mass is 16.6. The van der Waals surface area contributed by atoms with Crippen molar-refractivity contribution in [2.24, 2.45) is 0 Å². The zero-order chi connectivity index (χ0) is 17.1. The van der Waals surface area contributed by atoms with Crippen LogP contribution in [-0.4, -0.2) is 29.7 Å². The molecule has 0 aliphatic heterocycles. The van der Waals surface area contributed by atoms with Crippen molar-refractivity contribution in [3.05, 3.63) is 58.0 Å². The van der Waals surface area contributed by atoms with Gasteiger partial charge in [-0.15, -0.1) is 4.68 Å². The van der Waals surface area contributed by atoms with Crippen LogP contribution in [0, 0.1) is 17.0 Å². The number of aromatic nitrogens is 5. The Morgan fingerprint density at radius 3 is 2.79 bits per heavy atom. The Balaban J connectivity index is 1.88. The molecule has 0 radical (unpaired) electrons. The zero-order valence-electron chi connectivity index (χ0n) is 12.7. The summed E-state index contributed by atoms with van der Waals surface area (Å²) < 4.78 is 1.19. The molecule has 24 heavy (non-hydrogen) atoms. The fourth-order valence-electron chi connectivity index (χ4n) is 2.13. The van der Waals surface area contributed by atoms with Crippen molar-refractivity contribution >= 4 is 23.4 Å². The van der Waals surface area contributed by atoms with E-state index in [4.69, 9.17) is 5.73 Å². The molecule has 1 aromatic carbocycles. The molecule has 10 heteroatoms. The Kier molecular flexibility index (Phi) is 4.01. The number of para-hydroxylation sites is 1. The molecule has 0 unspecified atom stereocenters. The Hall–Kier alpha value is -3.56. The molecule has 0 amide bonds. The lowest BCUT2D eigenvalue weighted by Gasteiger charge is -2.09. The van der Waals surface area contributed by atoms with E-state index >= 15 is 0 Å². The first kappa shape index (κ1) is 15.3. The first-order valence-corrected chi connectivity index (χ1v) is 7.02. The number of nitro groups is 1. The average Bonchev–Trinajstić information content (AvgIpc) is 2.97. The SMILES string of the molecule is Cc1ccccc1Nc1nc(N)nc(Cn2nccc2[N+](=O)[O-])n1. The van der Waals surface area contributed by atoms with Gasteiger partial charge in [0.05, 0.1) is 12.3 Å². The van der Waals surface area contributed by atoms with Gasteiger partial charge < -0.3 is 21.2 Å². The molecule has 0 saturated heterocycles. The van der Waals surface area contributed by atoms with Gasteiger partial charge in [-0.05, 0) is 23.5 Å². The predicted octanol–water partition coefficient (Wildman–Crippen LogP) is 1.66. The van der Waals surface area contributed by atoms with Gasteiger partial charge in [0, 0.05) is 5.69 Å². The van der Waals surface area contributed by atoms with Crippen LogP contribution in [0.1, 0.15) is 11.4 Å². The van der Waals surface area contributed by atoms with E-state index in [1.807, 2.05) is 31.2 Å². The van der Waals surface area contributed by atoms with Gasteiger partial charge in [0.1, 0.15) is 0 Å². The van der Waals surface area contributed by atoms with Gasteiger partial charge in [-0.1, -0.05) is 23.3 Å². The quantitative estimate of drug-likeness (QED) is 0.533. The molecule has 3 aromatic rings. The van der Waals surface area contributed by atoms with Gasteiger partial charge in [0.2, 0.25) is 11.9 Å². The summed E-state index contributed by atoms with van der Waals surface area (Å²) >= 11 is 0. The molecule has 0 bridgehead atoms. The van der Waals surface area contributed by atoms with E-state index in [9.17, 15) is 10.1 Å². The molecule has 0 fully saturated rings. The van der Waals surface area contributed by atoms with Crippen molar-refractivity contribution < 1.29 is 4.92 Å². The summed E-state index contributed by atoms with van der Waals surface area (Å²) in [7, 11) is 0. The highest BCUT2D eigenvalue weighted by molar-refractivity contribution is 5.58. The van der Waals surface area contributed by atoms with Crippen LogP contribution < -0.4 is 11.1 Å². The molecule has 0 spiro atoms. The Morgan fingerprint density at radius 1 is 1.25 bits per heavy atom. The molecular formula is C14H14N8O2. The average molecular weight is 326 g/mol. The molecule has 2 aromatic heterocycles. The largest absolute Gasteiger partial charge is 0.368 e. The van der Waals surface area contributed by atoms with Crippen LogP contribution in [0.4, 0.5) is 23.4 Å². The van der Waals surface area contributed by atoms with Crippen molar-refractivity contribution in [3.63, 3.8) is 0 Å². The van der Waals surface area contributed by atoms with E-state index in [2.05, 4.69) is 25.4 Å². The molecule has 3 N–H and O–H groups in total. The molecule has 0 saturated carbocycles. The fraction of sp³-hybridized carbons (Fsp3) is 0.143. The lowest BCUT2D eigenvalue weighted by atomic mass is 10.2. The van der Waals surface area contributed by atoms with Gasteiger partial charge in [-0.3, -0.25) is 0 Å². The molecule has 10 nitrogen and oxygen atoms in total. The number of nitrogen functional groups attached to an aromatic ring is 1. The Bertz CT molecular complexity index is 892. The number of benzene rings is 1. The molecule has 0 aliphatic rings. The maximum Gasteiger partial charge on any atom is 0.345 e. The lowest BCUT2D eigenvalue weighted by Crippen LogP contribution is -2.12. The number of aryl methyl sites for hydroxylation is 1. The third-order valence-electron chi connectivity index (χ3n) is 3.26. The third kappa shape index (κ3) is 3.27.